The van der Waals surface area contributed by atoms with Crippen molar-refractivity contribution in [2.24, 2.45) is 0 Å². The second kappa shape index (κ2) is 8.64. The lowest BCUT2D eigenvalue weighted by Gasteiger charge is -2.21. The number of carbonyl (C=O) groups is 2. The van der Waals surface area contributed by atoms with E-state index in [2.05, 4.69) is 0 Å². The summed E-state index contributed by atoms with van der Waals surface area (Å²) in [4.78, 5) is 26.3. The monoisotopic (exact) mass is 387 g/mol. The Morgan fingerprint density at radius 1 is 1.04 bits per heavy atom. The molecule has 0 aromatic heterocycles. The molecule has 1 aliphatic heterocycles. The van der Waals surface area contributed by atoms with Crippen molar-refractivity contribution in [3.05, 3.63) is 65.7 Å². The zero-order valence-electron chi connectivity index (χ0n) is 14.8. The lowest BCUT2D eigenvalue weighted by Crippen LogP contribution is -2.37. The summed E-state index contributed by atoms with van der Waals surface area (Å²) in [7, 11) is 1.67. The Balaban J connectivity index is 1.60. The summed E-state index contributed by atoms with van der Waals surface area (Å²) in [5.74, 6) is 1.58. The van der Waals surface area contributed by atoms with E-state index in [-0.39, 0.29) is 5.91 Å². The Kier molecular flexibility index (Phi) is 6.27. The Morgan fingerprint density at radius 3 is 2.27 bits per heavy atom. The fraction of sp³-hybridized carbons (Fsp3) is 0.300. The summed E-state index contributed by atoms with van der Waals surface area (Å²) in [5, 5.41) is 0. The number of likely N-dealkylation sites (N-methyl/N-ethyl adjacent to an activating group) is 1. The first-order valence-corrected chi connectivity index (χ1v) is 10.5. The molecule has 0 saturated carbocycles. The molecule has 1 atom stereocenters. The van der Waals surface area contributed by atoms with Gasteiger partial charge in [0.05, 0.1) is 10.1 Å². The van der Waals surface area contributed by atoms with E-state index in [0.717, 1.165) is 17.2 Å². The molecule has 0 N–H and O–H groups in total. The molecule has 136 valence electrons. The van der Waals surface area contributed by atoms with Gasteiger partial charge in [0.2, 0.25) is 0 Å². The predicted octanol–water partition coefficient (Wildman–Crippen LogP) is 4.37. The van der Waals surface area contributed by atoms with Crippen molar-refractivity contribution in [1.82, 2.24) is 0 Å². The minimum atomic E-state index is -0.853. The van der Waals surface area contributed by atoms with E-state index in [0.29, 0.717) is 10.1 Å². The van der Waals surface area contributed by atoms with Gasteiger partial charge in [-0.1, -0.05) is 30.3 Å². The smallest absolute Gasteiger partial charge is 0.338 e. The number of anilines is 1. The van der Waals surface area contributed by atoms with Crippen LogP contribution in [-0.2, 0) is 9.53 Å². The zero-order chi connectivity index (χ0) is 18.5. The molecule has 0 bridgehead atoms. The molecular formula is C20H21NO3S2. The molecule has 1 amide bonds. The van der Waals surface area contributed by atoms with Crippen LogP contribution in [0.3, 0.4) is 0 Å². The first-order chi connectivity index (χ1) is 12.6. The summed E-state index contributed by atoms with van der Waals surface area (Å²) >= 11 is 3.84. The van der Waals surface area contributed by atoms with Crippen LogP contribution in [0.1, 0.15) is 27.4 Å². The van der Waals surface area contributed by atoms with Crippen molar-refractivity contribution in [2.45, 2.75) is 17.6 Å². The first kappa shape index (κ1) is 18.9. The third kappa shape index (κ3) is 4.43. The van der Waals surface area contributed by atoms with Crippen LogP contribution in [0.5, 0.6) is 0 Å². The predicted molar refractivity (Wildman–Crippen MR) is 109 cm³/mol. The molecule has 0 radical (unpaired) electrons. The van der Waals surface area contributed by atoms with Crippen molar-refractivity contribution in [1.29, 1.82) is 0 Å². The maximum Gasteiger partial charge on any atom is 0.338 e. The molecule has 6 heteroatoms. The standard InChI is InChI=1S/C20H21NO3S2/c1-14(18(22)21(2)17-6-4-3-5-7-17)24-19(23)15-8-10-16(11-9-15)20-25-12-13-26-20/h3-11,14,20H,12-13H2,1-2H3/t14-/m0/s1. The molecule has 0 aliphatic carbocycles. The minimum absolute atomic E-state index is 0.264. The Bertz CT molecular complexity index is 758. The topological polar surface area (TPSA) is 46.6 Å². The molecule has 1 heterocycles. The number of benzene rings is 2. The molecule has 2 aromatic rings. The van der Waals surface area contributed by atoms with Crippen LogP contribution in [0, 0.1) is 0 Å². The van der Waals surface area contributed by atoms with E-state index < -0.39 is 12.1 Å². The first-order valence-electron chi connectivity index (χ1n) is 8.43. The van der Waals surface area contributed by atoms with Gasteiger partial charge in [-0.15, -0.1) is 23.5 Å². The van der Waals surface area contributed by atoms with Crippen molar-refractivity contribution >= 4 is 41.1 Å². The summed E-state index contributed by atoms with van der Waals surface area (Å²) in [5.41, 5.74) is 2.43. The van der Waals surface area contributed by atoms with Gasteiger partial charge < -0.3 is 9.64 Å². The fourth-order valence-electron chi connectivity index (χ4n) is 2.66. The van der Waals surface area contributed by atoms with Crippen LogP contribution in [0.2, 0.25) is 0 Å². The summed E-state index contributed by atoms with van der Waals surface area (Å²) < 4.78 is 5.81. The highest BCUT2D eigenvalue weighted by Crippen LogP contribution is 2.45. The van der Waals surface area contributed by atoms with Gasteiger partial charge in [0.1, 0.15) is 0 Å². The van der Waals surface area contributed by atoms with Gasteiger partial charge in [-0.05, 0) is 36.8 Å². The SMILES string of the molecule is C[C@H](OC(=O)c1ccc(C2SCCS2)cc1)C(=O)N(C)c1ccccc1. The van der Waals surface area contributed by atoms with Gasteiger partial charge >= 0.3 is 5.97 Å². The van der Waals surface area contributed by atoms with Gasteiger partial charge in [0, 0.05) is 24.2 Å². The van der Waals surface area contributed by atoms with Crippen LogP contribution in [0.15, 0.2) is 54.6 Å². The zero-order valence-corrected chi connectivity index (χ0v) is 16.4. The Labute approximate surface area is 162 Å². The van der Waals surface area contributed by atoms with E-state index >= 15 is 0 Å². The van der Waals surface area contributed by atoms with Crippen LogP contribution in [-0.4, -0.2) is 36.5 Å². The van der Waals surface area contributed by atoms with E-state index in [1.54, 1.807) is 26.1 Å². The third-order valence-electron chi connectivity index (χ3n) is 4.15. The molecule has 0 spiro atoms. The van der Waals surface area contributed by atoms with Crippen LogP contribution in [0.4, 0.5) is 5.69 Å². The number of hydrogen-bond acceptors (Lipinski definition) is 5. The second-order valence-electron chi connectivity index (χ2n) is 5.98. The highest BCUT2D eigenvalue weighted by molar-refractivity contribution is 8.19. The minimum Gasteiger partial charge on any atom is -0.449 e. The highest BCUT2D eigenvalue weighted by Gasteiger charge is 2.23. The summed E-state index contributed by atoms with van der Waals surface area (Å²) in [6, 6.07) is 16.8. The molecule has 3 rings (SSSR count). The molecule has 1 fully saturated rings. The van der Waals surface area contributed by atoms with Crippen LogP contribution < -0.4 is 4.90 Å². The van der Waals surface area contributed by atoms with E-state index in [9.17, 15) is 9.59 Å². The molecule has 1 saturated heterocycles. The van der Waals surface area contributed by atoms with Crippen LogP contribution >= 0.6 is 23.5 Å². The van der Waals surface area contributed by atoms with Crippen LogP contribution in [0.25, 0.3) is 0 Å². The average molecular weight is 388 g/mol. The highest BCUT2D eigenvalue weighted by atomic mass is 32.2. The van der Waals surface area contributed by atoms with Gasteiger partial charge in [0.25, 0.3) is 5.91 Å². The van der Waals surface area contributed by atoms with Crippen molar-refractivity contribution in [2.75, 3.05) is 23.5 Å². The second-order valence-corrected chi connectivity index (χ2v) is 8.70. The van der Waals surface area contributed by atoms with Crippen molar-refractivity contribution in [3.8, 4) is 0 Å². The molecule has 0 unspecified atom stereocenters. The van der Waals surface area contributed by atoms with E-state index in [1.165, 1.54) is 10.5 Å². The number of rotatable bonds is 5. The lowest BCUT2D eigenvalue weighted by molar-refractivity contribution is -0.126. The van der Waals surface area contributed by atoms with Gasteiger partial charge in [-0.3, -0.25) is 4.79 Å². The number of nitrogens with zero attached hydrogens (tertiary/aromatic N) is 1. The van der Waals surface area contributed by atoms with Crippen molar-refractivity contribution < 1.29 is 14.3 Å². The summed E-state index contributed by atoms with van der Waals surface area (Å²) in [6.45, 7) is 1.60. The number of ether oxygens (including phenoxy) is 1. The summed E-state index contributed by atoms with van der Waals surface area (Å²) in [6.07, 6.45) is -0.853. The lowest BCUT2D eigenvalue weighted by atomic mass is 10.1. The van der Waals surface area contributed by atoms with Gasteiger partial charge in [-0.2, -0.15) is 0 Å². The van der Waals surface area contributed by atoms with E-state index in [4.69, 9.17) is 4.74 Å². The molecule has 26 heavy (non-hydrogen) atoms. The normalized spacial score (nSPS) is 15.5. The molecular weight excluding hydrogens is 366 g/mol. The Hall–Kier alpha value is -1.92. The third-order valence-corrected chi connectivity index (χ3v) is 7.25. The van der Waals surface area contributed by atoms with Gasteiger partial charge in [0.15, 0.2) is 6.10 Å². The van der Waals surface area contributed by atoms with Crippen molar-refractivity contribution in [3.63, 3.8) is 0 Å². The molecule has 1 aliphatic rings. The average Bonchev–Trinajstić information content (AvgIpc) is 3.22. The maximum atomic E-state index is 12.5. The molecule has 2 aromatic carbocycles. The quantitative estimate of drug-likeness (QED) is 0.713. The number of hydrogen-bond donors (Lipinski definition) is 0. The number of carbonyl (C=O) groups excluding carboxylic acids is 2. The number of para-hydroxylation sites is 1. The molecule has 4 nitrogen and oxygen atoms in total. The number of thioether (sulfide) groups is 2. The Morgan fingerprint density at radius 2 is 1.65 bits per heavy atom. The number of amides is 1. The number of esters is 1. The fourth-order valence-corrected chi connectivity index (χ4v) is 5.52. The van der Waals surface area contributed by atoms with Gasteiger partial charge in [-0.25, -0.2) is 4.79 Å². The maximum absolute atomic E-state index is 12.5. The largest absolute Gasteiger partial charge is 0.449 e. The van der Waals surface area contributed by atoms with E-state index in [1.807, 2.05) is 66.0 Å².